The van der Waals surface area contributed by atoms with Crippen molar-refractivity contribution in [2.45, 2.75) is 38.4 Å². The normalized spacial score (nSPS) is 22.3. The average molecular weight is 413 g/mol. The molecule has 0 aromatic heterocycles. The molecule has 3 aliphatic heterocycles. The summed E-state index contributed by atoms with van der Waals surface area (Å²) in [5.41, 5.74) is 8.04. The number of piperidine rings is 1. The van der Waals surface area contributed by atoms with Crippen LogP contribution in [0.4, 0.5) is 0 Å². The lowest BCUT2D eigenvalue weighted by Crippen LogP contribution is -2.52. The Kier molecular flexibility index (Phi) is 5.83. The van der Waals surface area contributed by atoms with Crippen LogP contribution in [0.5, 0.6) is 0 Å². The van der Waals surface area contributed by atoms with E-state index >= 15 is 0 Å². The zero-order chi connectivity index (χ0) is 21.3. The van der Waals surface area contributed by atoms with Gasteiger partial charge in [0.05, 0.1) is 0 Å². The molecule has 3 N–H and O–H groups in total. The number of fused-ring (bicyclic) bond motifs is 1. The van der Waals surface area contributed by atoms with Crippen molar-refractivity contribution in [3.63, 3.8) is 0 Å². The number of nitrogens with two attached hydrogens (primary N) is 1. The van der Waals surface area contributed by atoms with E-state index in [9.17, 15) is 19.2 Å². The van der Waals surface area contributed by atoms with E-state index < -0.39 is 11.9 Å². The summed E-state index contributed by atoms with van der Waals surface area (Å²) >= 11 is 0. The molecule has 3 aliphatic rings. The summed E-state index contributed by atoms with van der Waals surface area (Å²) in [4.78, 5) is 54.2. The molecular formula is C21H27N5O4. The van der Waals surface area contributed by atoms with Gasteiger partial charge in [-0.3, -0.25) is 29.4 Å². The van der Waals surface area contributed by atoms with Gasteiger partial charge in [-0.2, -0.15) is 0 Å². The predicted octanol–water partition coefficient (Wildman–Crippen LogP) is -0.559. The molecule has 4 amide bonds. The van der Waals surface area contributed by atoms with Gasteiger partial charge in [-0.05, 0) is 23.6 Å². The SMILES string of the molecule is NCCC(=O)N1CCN(Cc2ccc3c(c2)C(=O)N(C2CCC(=O)NC2=O)C3)CC1. The second-order valence-corrected chi connectivity index (χ2v) is 8.09. The molecule has 160 valence electrons. The van der Waals surface area contributed by atoms with Gasteiger partial charge in [-0.15, -0.1) is 0 Å². The zero-order valence-corrected chi connectivity index (χ0v) is 16.9. The van der Waals surface area contributed by atoms with E-state index in [1.54, 1.807) is 4.90 Å². The first-order valence-corrected chi connectivity index (χ1v) is 10.4. The molecule has 9 nitrogen and oxygen atoms in total. The molecule has 3 heterocycles. The van der Waals surface area contributed by atoms with Gasteiger partial charge in [0.2, 0.25) is 17.7 Å². The van der Waals surface area contributed by atoms with Crippen molar-refractivity contribution in [3.8, 4) is 0 Å². The molecule has 4 rings (SSSR count). The molecule has 0 spiro atoms. The number of piperazine rings is 1. The van der Waals surface area contributed by atoms with Gasteiger partial charge in [0.1, 0.15) is 6.04 Å². The summed E-state index contributed by atoms with van der Waals surface area (Å²) < 4.78 is 0. The summed E-state index contributed by atoms with van der Waals surface area (Å²) in [7, 11) is 0. The number of nitrogens with zero attached hydrogens (tertiary/aromatic N) is 3. The molecule has 1 atom stereocenters. The smallest absolute Gasteiger partial charge is 0.255 e. The maximum atomic E-state index is 12.9. The largest absolute Gasteiger partial charge is 0.340 e. The predicted molar refractivity (Wildman–Crippen MR) is 108 cm³/mol. The Labute approximate surface area is 175 Å². The Balaban J connectivity index is 1.38. The van der Waals surface area contributed by atoms with Crippen LogP contribution in [-0.4, -0.2) is 77.1 Å². The topological polar surface area (TPSA) is 116 Å². The minimum atomic E-state index is -0.592. The third kappa shape index (κ3) is 4.08. The van der Waals surface area contributed by atoms with Gasteiger partial charge < -0.3 is 15.5 Å². The van der Waals surface area contributed by atoms with Crippen LogP contribution in [0.3, 0.4) is 0 Å². The molecular weight excluding hydrogens is 386 g/mol. The van der Waals surface area contributed by atoms with Crippen LogP contribution < -0.4 is 11.1 Å². The Hall–Kier alpha value is -2.78. The standard InChI is InChI=1S/C21H27N5O4/c22-6-5-19(28)25-9-7-24(8-10-25)12-14-1-2-15-13-26(21(30)16(15)11-14)17-3-4-18(27)23-20(17)29/h1-2,11,17H,3-10,12-13,22H2,(H,23,27,29). The first-order chi connectivity index (χ1) is 14.5. The van der Waals surface area contributed by atoms with Crippen molar-refractivity contribution in [3.05, 3.63) is 34.9 Å². The van der Waals surface area contributed by atoms with Crippen molar-refractivity contribution in [1.82, 2.24) is 20.0 Å². The Morgan fingerprint density at radius 1 is 1.13 bits per heavy atom. The number of carbonyl (C=O) groups excluding carboxylic acids is 4. The number of benzene rings is 1. The van der Waals surface area contributed by atoms with E-state index in [1.165, 1.54) is 0 Å². The van der Waals surface area contributed by atoms with Gasteiger partial charge in [-0.25, -0.2) is 0 Å². The first-order valence-electron chi connectivity index (χ1n) is 10.4. The van der Waals surface area contributed by atoms with Gasteiger partial charge >= 0.3 is 0 Å². The molecule has 1 aromatic carbocycles. The summed E-state index contributed by atoms with van der Waals surface area (Å²) in [5.74, 6) is -0.727. The maximum absolute atomic E-state index is 12.9. The number of imide groups is 1. The molecule has 1 unspecified atom stereocenters. The molecule has 2 fully saturated rings. The highest BCUT2D eigenvalue weighted by Crippen LogP contribution is 2.28. The second kappa shape index (κ2) is 8.53. The Morgan fingerprint density at radius 3 is 2.60 bits per heavy atom. The lowest BCUT2D eigenvalue weighted by atomic mass is 10.0. The summed E-state index contributed by atoms with van der Waals surface area (Å²) in [6.45, 7) is 4.41. The van der Waals surface area contributed by atoms with E-state index in [4.69, 9.17) is 5.73 Å². The van der Waals surface area contributed by atoms with Gasteiger partial charge in [0, 0.05) is 64.2 Å². The highest BCUT2D eigenvalue weighted by atomic mass is 16.2. The monoisotopic (exact) mass is 413 g/mol. The fourth-order valence-corrected chi connectivity index (χ4v) is 4.40. The fourth-order valence-electron chi connectivity index (χ4n) is 4.40. The quantitative estimate of drug-likeness (QED) is 0.625. The second-order valence-electron chi connectivity index (χ2n) is 8.09. The van der Waals surface area contributed by atoms with Crippen molar-refractivity contribution in [2.24, 2.45) is 5.73 Å². The van der Waals surface area contributed by atoms with Crippen molar-refractivity contribution in [1.29, 1.82) is 0 Å². The number of hydrogen-bond donors (Lipinski definition) is 2. The Morgan fingerprint density at radius 2 is 1.90 bits per heavy atom. The van der Waals surface area contributed by atoms with Crippen LogP contribution in [0.1, 0.15) is 40.7 Å². The highest BCUT2D eigenvalue weighted by molar-refractivity contribution is 6.05. The molecule has 9 heteroatoms. The molecule has 1 aromatic rings. The van der Waals surface area contributed by atoms with Crippen LogP contribution in [0, 0.1) is 0 Å². The molecule has 0 aliphatic carbocycles. The molecule has 0 saturated carbocycles. The lowest BCUT2D eigenvalue weighted by Gasteiger charge is -2.34. The zero-order valence-electron chi connectivity index (χ0n) is 16.9. The lowest BCUT2D eigenvalue weighted by molar-refractivity contribution is -0.137. The van der Waals surface area contributed by atoms with E-state index in [-0.39, 0.29) is 24.1 Å². The number of amides is 4. The summed E-state index contributed by atoms with van der Waals surface area (Å²) in [6.07, 6.45) is 1.00. The molecule has 0 radical (unpaired) electrons. The van der Waals surface area contributed by atoms with Crippen LogP contribution in [0.15, 0.2) is 18.2 Å². The van der Waals surface area contributed by atoms with E-state index in [2.05, 4.69) is 10.2 Å². The minimum Gasteiger partial charge on any atom is -0.340 e. The summed E-state index contributed by atoms with van der Waals surface area (Å²) in [5, 5.41) is 2.33. The first kappa shape index (κ1) is 20.5. The van der Waals surface area contributed by atoms with Crippen LogP contribution in [0.2, 0.25) is 0 Å². The summed E-state index contributed by atoms with van der Waals surface area (Å²) in [6, 6.07) is 5.29. The number of carbonyl (C=O) groups is 4. The third-order valence-corrected chi connectivity index (χ3v) is 6.08. The van der Waals surface area contributed by atoms with Crippen molar-refractivity contribution >= 4 is 23.6 Å². The number of hydrogen-bond acceptors (Lipinski definition) is 6. The molecule has 2 saturated heterocycles. The average Bonchev–Trinajstić information content (AvgIpc) is 3.05. The van der Waals surface area contributed by atoms with Crippen molar-refractivity contribution < 1.29 is 19.2 Å². The van der Waals surface area contributed by atoms with Gasteiger partial charge in [-0.1, -0.05) is 12.1 Å². The van der Waals surface area contributed by atoms with Crippen LogP contribution >= 0.6 is 0 Å². The van der Waals surface area contributed by atoms with E-state index in [0.717, 1.165) is 24.2 Å². The minimum absolute atomic E-state index is 0.105. The van der Waals surface area contributed by atoms with Crippen LogP contribution in [0.25, 0.3) is 0 Å². The Bertz CT molecular complexity index is 878. The highest BCUT2D eigenvalue weighted by Gasteiger charge is 2.39. The molecule has 30 heavy (non-hydrogen) atoms. The van der Waals surface area contributed by atoms with Crippen LogP contribution in [-0.2, 0) is 27.5 Å². The number of nitrogens with one attached hydrogen (secondary N) is 1. The van der Waals surface area contributed by atoms with E-state index in [0.29, 0.717) is 51.1 Å². The van der Waals surface area contributed by atoms with Gasteiger partial charge in [0.25, 0.3) is 5.91 Å². The third-order valence-electron chi connectivity index (χ3n) is 6.08. The maximum Gasteiger partial charge on any atom is 0.255 e. The molecule has 0 bridgehead atoms. The van der Waals surface area contributed by atoms with E-state index in [1.807, 2.05) is 23.1 Å². The van der Waals surface area contributed by atoms with Crippen molar-refractivity contribution in [2.75, 3.05) is 32.7 Å². The fraction of sp³-hybridized carbons (Fsp3) is 0.524. The number of rotatable bonds is 5. The van der Waals surface area contributed by atoms with Gasteiger partial charge in [0.15, 0.2) is 0 Å².